The van der Waals surface area contributed by atoms with Crippen LogP contribution in [0, 0.1) is 0 Å². The van der Waals surface area contributed by atoms with Crippen molar-refractivity contribution in [2.75, 3.05) is 7.05 Å². The van der Waals surface area contributed by atoms with E-state index in [9.17, 15) is 9.59 Å². The Morgan fingerprint density at radius 1 is 1.14 bits per heavy atom. The maximum absolute atomic E-state index is 12.8. The lowest BCUT2D eigenvalue weighted by Gasteiger charge is -2.17. The third kappa shape index (κ3) is 4.29. The number of pyridine rings is 1. The number of hydrogen-bond acceptors (Lipinski definition) is 6. The summed E-state index contributed by atoms with van der Waals surface area (Å²) < 4.78 is 2.07. The van der Waals surface area contributed by atoms with Crippen molar-refractivity contribution in [3.8, 4) is 11.4 Å². The number of amides is 3. The average Bonchev–Trinajstić information content (AvgIpc) is 3.52. The van der Waals surface area contributed by atoms with Crippen LogP contribution in [-0.2, 0) is 4.79 Å². The molecule has 0 unspecified atom stereocenters. The first-order chi connectivity index (χ1) is 14.2. The summed E-state index contributed by atoms with van der Waals surface area (Å²) in [7, 11) is 1.47. The molecular formula is C20H20N6O2S. The van der Waals surface area contributed by atoms with Crippen LogP contribution in [0.4, 0.5) is 4.79 Å². The zero-order valence-corrected chi connectivity index (χ0v) is 16.6. The number of nitrogens with zero attached hydrogens (tertiary/aromatic N) is 4. The molecule has 3 amide bonds. The number of urea groups is 1. The molecule has 0 bridgehead atoms. The zero-order valence-electron chi connectivity index (χ0n) is 15.8. The molecule has 1 aliphatic carbocycles. The molecule has 1 atom stereocenters. The number of nitrogens with one attached hydrogen (secondary N) is 2. The SMILES string of the molecule is CNC(=O)NC(=O)[C@H](Sc1nnc(-c2cccnc2)n1C1CC1)c1ccccc1. The van der Waals surface area contributed by atoms with Crippen molar-refractivity contribution in [3.63, 3.8) is 0 Å². The van der Waals surface area contributed by atoms with Gasteiger partial charge in [-0.1, -0.05) is 42.1 Å². The molecule has 2 aromatic heterocycles. The van der Waals surface area contributed by atoms with E-state index in [4.69, 9.17) is 0 Å². The Kier molecular flexibility index (Phi) is 5.57. The van der Waals surface area contributed by atoms with Gasteiger partial charge < -0.3 is 5.32 Å². The molecule has 0 spiro atoms. The topological polar surface area (TPSA) is 102 Å². The first kappa shape index (κ1) is 19.1. The minimum absolute atomic E-state index is 0.307. The van der Waals surface area contributed by atoms with Crippen LogP contribution in [0.15, 0.2) is 60.0 Å². The molecule has 29 heavy (non-hydrogen) atoms. The summed E-state index contributed by atoms with van der Waals surface area (Å²) in [6.45, 7) is 0. The van der Waals surface area contributed by atoms with Gasteiger partial charge in [-0.2, -0.15) is 0 Å². The third-order valence-corrected chi connectivity index (χ3v) is 5.73. The lowest BCUT2D eigenvalue weighted by Crippen LogP contribution is -2.39. The number of imide groups is 1. The number of benzene rings is 1. The minimum atomic E-state index is -0.642. The molecule has 1 aromatic carbocycles. The van der Waals surface area contributed by atoms with Gasteiger partial charge in [0.1, 0.15) is 5.25 Å². The molecule has 0 aliphatic heterocycles. The van der Waals surface area contributed by atoms with Crippen molar-refractivity contribution in [1.82, 2.24) is 30.4 Å². The van der Waals surface area contributed by atoms with E-state index in [-0.39, 0.29) is 0 Å². The van der Waals surface area contributed by atoms with E-state index in [1.807, 2.05) is 42.5 Å². The Morgan fingerprint density at radius 2 is 1.93 bits per heavy atom. The lowest BCUT2D eigenvalue weighted by molar-refractivity contribution is -0.119. The summed E-state index contributed by atoms with van der Waals surface area (Å²) in [5.74, 6) is 0.329. The largest absolute Gasteiger partial charge is 0.341 e. The van der Waals surface area contributed by atoms with Gasteiger partial charge in [-0.25, -0.2) is 4.79 Å². The lowest BCUT2D eigenvalue weighted by atomic mass is 10.1. The molecule has 2 N–H and O–H groups in total. The fourth-order valence-electron chi connectivity index (χ4n) is 2.96. The molecule has 4 rings (SSSR count). The number of thioether (sulfide) groups is 1. The van der Waals surface area contributed by atoms with E-state index >= 15 is 0 Å². The molecule has 1 fully saturated rings. The van der Waals surface area contributed by atoms with Gasteiger partial charge in [-0.05, 0) is 30.5 Å². The average molecular weight is 408 g/mol. The fraction of sp³-hybridized carbons (Fsp3) is 0.250. The summed E-state index contributed by atoms with van der Waals surface area (Å²) in [5, 5.41) is 13.5. The molecule has 2 heterocycles. The fourth-order valence-corrected chi connectivity index (χ4v) is 4.06. The predicted molar refractivity (Wildman–Crippen MR) is 109 cm³/mol. The Hall–Kier alpha value is -3.20. The van der Waals surface area contributed by atoms with Crippen molar-refractivity contribution in [2.24, 2.45) is 0 Å². The molecule has 0 saturated heterocycles. The second kappa shape index (κ2) is 8.44. The summed E-state index contributed by atoms with van der Waals surface area (Å²) in [4.78, 5) is 28.7. The van der Waals surface area contributed by atoms with Gasteiger partial charge in [0.2, 0.25) is 5.91 Å². The Morgan fingerprint density at radius 3 is 2.59 bits per heavy atom. The summed E-state index contributed by atoms with van der Waals surface area (Å²) in [6.07, 6.45) is 5.55. The first-order valence-electron chi connectivity index (χ1n) is 9.27. The van der Waals surface area contributed by atoms with Gasteiger partial charge in [0.15, 0.2) is 11.0 Å². The number of hydrogen-bond donors (Lipinski definition) is 2. The highest BCUT2D eigenvalue weighted by molar-refractivity contribution is 8.00. The van der Waals surface area contributed by atoms with E-state index in [1.54, 1.807) is 12.4 Å². The predicted octanol–water partition coefficient (Wildman–Crippen LogP) is 2.96. The summed E-state index contributed by atoms with van der Waals surface area (Å²) >= 11 is 1.29. The molecule has 0 radical (unpaired) electrons. The van der Waals surface area contributed by atoms with Crippen LogP contribution in [0.3, 0.4) is 0 Å². The second-order valence-electron chi connectivity index (χ2n) is 6.63. The van der Waals surface area contributed by atoms with Gasteiger partial charge in [0, 0.05) is 31.0 Å². The van der Waals surface area contributed by atoms with E-state index < -0.39 is 17.2 Å². The molecule has 8 nitrogen and oxygen atoms in total. The van der Waals surface area contributed by atoms with Crippen molar-refractivity contribution >= 4 is 23.7 Å². The highest BCUT2D eigenvalue weighted by Gasteiger charge is 2.33. The maximum Gasteiger partial charge on any atom is 0.321 e. The Balaban J connectivity index is 1.68. The quantitative estimate of drug-likeness (QED) is 0.608. The molecule has 148 valence electrons. The molecule has 9 heteroatoms. The van der Waals surface area contributed by atoms with Crippen molar-refractivity contribution in [1.29, 1.82) is 0 Å². The van der Waals surface area contributed by atoms with Crippen molar-refractivity contribution in [3.05, 3.63) is 60.4 Å². The Bertz CT molecular complexity index is 1000. The van der Waals surface area contributed by atoms with Crippen LogP contribution in [0.1, 0.15) is 29.7 Å². The van der Waals surface area contributed by atoms with Crippen LogP contribution >= 0.6 is 11.8 Å². The number of carbonyl (C=O) groups is 2. The first-order valence-corrected chi connectivity index (χ1v) is 10.1. The number of carbonyl (C=O) groups excluding carboxylic acids is 2. The zero-order chi connectivity index (χ0) is 20.2. The third-order valence-electron chi connectivity index (χ3n) is 4.52. The molecular weight excluding hydrogens is 388 g/mol. The Labute approximate surface area is 172 Å². The van der Waals surface area contributed by atoms with Gasteiger partial charge in [-0.3, -0.25) is 19.7 Å². The normalized spacial score (nSPS) is 14.2. The van der Waals surface area contributed by atoms with Crippen molar-refractivity contribution in [2.45, 2.75) is 29.3 Å². The van der Waals surface area contributed by atoms with E-state index in [1.165, 1.54) is 18.8 Å². The highest BCUT2D eigenvalue weighted by Crippen LogP contribution is 2.44. The molecule has 1 saturated carbocycles. The van der Waals surface area contributed by atoms with Gasteiger partial charge in [-0.15, -0.1) is 10.2 Å². The van der Waals surface area contributed by atoms with E-state index in [2.05, 4.69) is 30.4 Å². The van der Waals surface area contributed by atoms with Crippen LogP contribution < -0.4 is 10.6 Å². The monoisotopic (exact) mass is 408 g/mol. The van der Waals surface area contributed by atoms with E-state index in [0.29, 0.717) is 11.2 Å². The van der Waals surface area contributed by atoms with Crippen LogP contribution in [0.25, 0.3) is 11.4 Å². The van der Waals surface area contributed by atoms with Crippen LogP contribution in [0.2, 0.25) is 0 Å². The summed E-state index contributed by atoms with van der Waals surface area (Å²) in [5.41, 5.74) is 1.66. The van der Waals surface area contributed by atoms with E-state index in [0.717, 1.165) is 29.8 Å². The number of aromatic nitrogens is 4. The van der Waals surface area contributed by atoms with Gasteiger partial charge in [0.25, 0.3) is 0 Å². The smallest absolute Gasteiger partial charge is 0.321 e. The van der Waals surface area contributed by atoms with Crippen LogP contribution in [-0.4, -0.2) is 38.7 Å². The van der Waals surface area contributed by atoms with Gasteiger partial charge in [0.05, 0.1) is 0 Å². The van der Waals surface area contributed by atoms with Crippen molar-refractivity contribution < 1.29 is 9.59 Å². The maximum atomic E-state index is 12.8. The highest BCUT2D eigenvalue weighted by atomic mass is 32.2. The summed E-state index contributed by atoms with van der Waals surface area (Å²) in [6, 6.07) is 12.9. The minimum Gasteiger partial charge on any atom is -0.341 e. The second-order valence-corrected chi connectivity index (χ2v) is 7.70. The van der Waals surface area contributed by atoms with Crippen LogP contribution in [0.5, 0.6) is 0 Å². The molecule has 3 aromatic rings. The standard InChI is InChI=1S/C20H20N6O2S/c1-21-19(28)23-18(27)16(13-6-3-2-4-7-13)29-20-25-24-17(26(20)15-9-10-15)14-8-5-11-22-12-14/h2-8,11-12,15-16H,9-10H2,1H3,(H2,21,23,27,28)/t16-/m1/s1. The number of rotatable bonds is 6. The molecule has 1 aliphatic rings. The van der Waals surface area contributed by atoms with Gasteiger partial charge >= 0.3 is 6.03 Å².